The fourth-order valence-electron chi connectivity index (χ4n) is 5.36. The number of nitro benzene ring substituents is 1. The van der Waals surface area contributed by atoms with E-state index >= 15 is 0 Å². The summed E-state index contributed by atoms with van der Waals surface area (Å²) in [4.78, 5) is 85.8. The summed E-state index contributed by atoms with van der Waals surface area (Å²) in [6.07, 6.45) is -1.57. The number of para-hydroxylation sites is 1. The van der Waals surface area contributed by atoms with E-state index in [0.717, 1.165) is 60.0 Å². The van der Waals surface area contributed by atoms with Crippen LogP contribution in [-0.4, -0.2) is 118 Å². The SMILES string of the molecule is C=CCN(CC=C)C(=O)C(Cl)Cl.CCOC(=O)C(C)OC(=O)c1cc(Oc2ccc(C(F)(F)F)cc2Cl)ccc1[N+](=O)[O-].CCc1cccc(CC)c1N(COC)C(=O)CCl.O=C(O)CNCP(=O)(O)O. The third kappa shape index (κ3) is 24.6. The Kier molecular flexibility index (Phi) is 30.9. The largest absolute Gasteiger partial charge is 0.480 e. The third-order valence-corrected chi connectivity index (χ3v) is 10.0. The maximum absolute atomic E-state index is 12.8. The Morgan fingerprint density at radius 1 is 0.972 bits per heavy atom. The van der Waals surface area contributed by atoms with Crippen molar-refractivity contribution in [2.45, 2.75) is 57.7 Å². The van der Waals surface area contributed by atoms with Gasteiger partial charge in [-0.2, -0.15) is 13.2 Å². The Balaban J connectivity index is 0.00000103. The average Bonchev–Trinajstić information content (AvgIpc) is 3.30. The number of carboxylic acids is 1. The highest BCUT2D eigenvalue weighted by Gasteiger charge is 2.32. The molecule has 0 saturated carbocycles. The summed E-state index contributed by atoms with van der Waals surface area (Å²) in [7, 11) is -2.52. The minimum Gasteiger partial charge on any atom is -0.480 e. The Morgan fingerprint density at radius 2 is 1.55 bits per heavy atom. The van der Waals surface area contributed by atoms with Crippen molar-refractivity contribution in [3.05, 3.63) is 117 Å². The second kappa shape index (κ2) is 33.4. The molecule has 0 aliphatic heterocycles. The molecule has 394 valence electrons. The summed E-state index contributed by atoms with van der Waals surface area (Å²) < 4.78 is 68.4. The molecule has 3 rings (SSSR count). The molecule has 71 heavy (non-hydrogen) atoms. The van der Waals surface area contributed by atoms with Gasteiger partial charge in [0, 0.05) is 32.3 Å². The lowest BCUT2D eigenvalue weighted by Crippen LogP contribution is -2.35. The van der Waals surface area contributed by atoms with E-state index in [1.807, 2.05) is 18.2 Å². The summed E-state index contributed by atoms with van der Waals surface area (Å²) in [5, 5.41) is 20.9. The van der Waals surface area contributed by atoms with E-state index < -0.39 is 77.2 Å². The highest BCUT2D eigenvalue weighted by molar-refractivity contribution is 7.51. The number of esters is 2. The standard InChI is InChI=1S/C19H15ClF3NO7.C14H20ClNO2.C8H11Cl2NO.C3H8NO5P/c1-3-29-17(25)10(2)30-18(26)13-9-12(5-6-15(13)24(27)28)31-16-7-4-11(8-14(16)20)19(21,22)23;1-4-11-7-6-8-12(5-2)14(11)16(10-18-3)13(17)9-15;1-3-5-11(6-4-2)8(12)7(9)10;5-3(6)1-4-2-10(7,8)9/h4-10H,3H2,1-2H3;6-8H,4-5,9-10H2,1-3H3;3-4,7H,1-2,5-6H2;4H,1-2H2,(H,5,6)(H2,7,8,9). The number of amides is 2. The smallest absolute Gasteiger partial charge is 0.416 e. The summed E-state index contributed by atoms with van der Waals surface area (Å²) >= 11 is 22.3. The topological polar surface area (TPSA) is 262 Å². The van der Waals surface area contributed by atoms with Crippen molar-refractivity contribution >= 4 is 95.1 Å². The van der Waals surface area contributed by atoms with Crippen molar-refractivity contribution < 1.29 is 80.5 Å². The number of nitrogens with one attached hydrogen (secondary N) is 1. The number of methoxy groups -OCH3 is 1. The quantitative estimate of drug-likeness (QED) is 0.0139. The van der Waals surface area contributed by atoms with Crippen molar-refractivity contribution in [1.29, 1.82) is 0 Å². The number of nitrogens with zero attached hydrogens (tertiary/aromatic N) is 3. The van der Waals surface area contributed by atoms with Crippen molar-refractivity contribution in [2.75, 3.05) is 57.1 Å². The van der Waals surface area contributed by atoms with Gasteiger partial charge in [0.1, 0.15) is 29.7 Å². The van der Waals surface area contributed by atoms with Crippen LogP contribution in [0.3, 0.4) is 0 Å². The predicted molar refractivity (Wildman–Crippen MR) is 261 cm³/mol. The molecule has 0 heterocycles. The molecule has 0 fully saturated rings. The maximum atomic E-state index is 12.8. The fourth-order valence-corrected chi connectivity index (χ4v) is 6.40. The number of alkyl halides is 6. The molecule has 4 N–H and O–H groups in total. The zero-order valence-corrected chi connectivity index (χ0v) is 42.9. The lowest BCUT2D eigenvalue weighted by molar-refractivity contribution is -0.385. The normalized spacial score (nSPS) is 11.1. The summed E-state index contributed by atoms with van der Waals surface area (Å²) in [6.45, 7) is 14.6. The zero-order chi connectivity index (χ0) is 54.6. The molecule has 0 aromatic heterocycles. The first-order chi connectivity index (χ1) is 33.2. The van der Waals surface area contributed by atoms with Crippen molar-refractivity contribution in [2.24, 2.45) is 0 Å². The molecule has 27 heteroatoms. The van der Waals surface area contributed by atoms with E-state index in [1.165, 1.54) is 11.8 Å². The first-order valence-electron chi connectivity index (χ1n) is 20.6. The highest BCUT2D eigenvalue weighted by Crippen LogP contribution is 2.37. The van der Waals surface area contributed by atoms with E-state index in [0.29, 0.717) is 19.2 Å². The second-order valence-corrected chi connectivity index (χ2v) is 17.2. The van der Waals surface area contributed by atoms with Gasteiger partial charge in [0.25, 0.3) is 11.6 Å². The lowest BCUT2D eigenvalue weighted by atomic mass is 10.0. The Morgan fingerprint density at radius 3 is 1.97 bits per heavy atom. The van der Waals surface area contributed by atoms with Gasteiger partial charge in [0.15, 0.2) is 10.9 Å². The molecule has 0 bridgehead atoms. The molecule has 3 aromatic carbocycles. The minimum absolute atomic E-state index is 0.0371. The van der Waals surface area contributed by atoms with Crippen LogP contribution in [0.5, 0.6) is 11.5 Å². The number of halogens is 7. The number of carbonyl (C=O) groups is 5. The number of nitro groups is 1. The molecule has 2 amide bonds. The number of anilines is 1. The van der Waals surface area contributed by atoms with Crippen molar-refractivity contribution in [1.82, 2.24) is 10.2 Å². The number of carboxylic acid groups (broad SMARTS) is 1. The van der Waals surface area contributed by atoms with Gasteiger partial charge in [-0.1, -0.05) is 79.0 Å². The lowest BCUT2D eigenvalue weighted by Gasteiger charge is -2.26. The molecular weight excluding hydrogens is 1050 g/mol. The second-order valence-electron chi connectivity index (χ2n) is 13.8. The molecule has 0 saturated heterocycles. The number of carbonyl (C=O) groups excluding carboxylic acids is 4. The Bertz CT molecular complexity index is 2290. The number of aryl methyl sites for hydroxylation is 2. The molecule has 0 aliphatic carbocycles. The van der Waals surface area contributed by atoms with Gasteiger partial charge in [-0.25, -0.2) is 9.59 Å². The summed E-state index contributed by atoms with van der Waals surface area (Å²) in [5.41, 5.74) is 1.07. The molecule has 1 unspecified atom stereocenters. The molecule has 1 atom stereocenters. The molecule has 0 aliphatic rings. The fraction of sp³-hybridized carbons (Fsp3) is 0.386. The van der Waals surface area contributed by atoms with Crippen LogP contribution >= 0.6 is 54.0 Å². The zero-order valence-electron chi connectivity index (χ0n) is 39.0. The van der Waals surface area contributed by atoms with Gasteiger partial charge in [0.05, 0.1) is 40.6 Å². The van der Waals surface area contributed by atoms with E-state index in [9.17, 15) is 51.8 Å². The number of benzene rings is 3. The van der Waals surface area contributed by atoms with Gasteiger partial charge in [-0.15, -0.1) is 24.8 Å². The van der Waals surface area contributed by atoms with Crippen LogP contribution in [0, 0.1) is 10.1 Å². The van der Waals surface area contributed by atoms with Gasteiger partial charge in [-0.3, -0.25) is 39.3 Å². The highest BCUT2D eigenvalue weighted by atomic mass is 35.5. The van der Waals surface area contributed by atoms with Crippen LogP contribution < -0.4 is 15.0 Å². The van der Waals surface area contributed by atoms with E-state index in [4.69, 9.17) is 80.2 Å². The van der Waals surface area contributed by atoms with Gasteiger partial charge < -0.3 is 38.7 Å². The van der Waals surface area contributed by atoms with Crippen LogP contribution in [0.2, 0.25) is 5.02 Å². The minimum atomic E-state index is -4.61. The van der Waals surface area contributed by atoms with Crippen molar-refractivity contribution in [3.8, 4) is 11.5 Å². The molecular formula is C44H54Cl4F3N4O15P. The van der Waals surface area contributed by atoms with Crippen LogP contribution in [-0.2, 0) is 57.0 Å². The average molecular weight is 1110 g/mol. The predicted octanol–water partition coefficient (Wildman–Crippen LogP) is 8.94. The molecule has 19 nitrogen and oxygen atoms in total. The third-order valence-electron chi connectivity index (χ3n) is 8.47. The van der Waals surface area contributed by atoms with Gasteiger partial charge in [-0.05, 0) is 62.1 Å². The maximum Gasteiger partial charge on any atom is 0.416 e. The number of rotatable bonds is 22. The number of aliphatic carboxylic acids is 1. The molecule has 0 spiro atoms. The monoisotopic (exact) mass is 1110 g/mol. The number of hydrogen-bond donors (Lipinski definition) is 4. The van der Waals surface area contributed by atoms with Crippen LogP contribution in [0.25, 0.3) is 0 Å². The van der Waals surface area contributed by atoms with Gasteiger partial charge in [0.2, 0.25) is 5.91 Å². The number of ether oxygens (including phenoxy) is 4. The molecule has 3 aromatic rings. The van der Waals surface area contributed by atoms with Crippen LogP contribution in [0.1, 0.15) is 54.7 Å². The summed E-state index contributed by atoms with van der Waals surface area (Å²) in [5.74, 6) is -3.99. The van der Waals surface area contributed by atoms with E-state index in [1.54, 1.807) is 31.1 Å². The Hall–Kier alpha value is -5.29. The molecule has 0 radical (unpaired) electrons. The van der Waals surface area contributed by atoms with Crippen LogP contribution in [0.15, 0.2) is 79.9 Å². The van der Waals surface area contributed by atoms with Crippen LogP contribution in [0.4, 0.5) is 24.5 Å². The first kappa shape index (κ1) is 65.7. The first-order valence-corrected chi connectivity index (χ1v) is 24.2. The Labute approximate surface area is 427 Å². The van der Waals surface area contributed by atoms with Gasteiger partial charge >= 0.3 is 31.7 Å². The number of hydrogen-bond acceptors (Lipinski definition) is 13. The van der Waals surface area contributed by atoms with E-state index in [2.05, 4.69) is 32.3 Å². The van der Waals surface area contributed by atoms with E-state index in [-0.39, 0.29) is 47.6 Å². The summed E-state index contributed by atoms with van der Waals surface area (Å²) in [6, 6.07) is 11.5. The van der Waals surface area contributed by atoms with Crippen molar-refractivity contribution in [3.63, 3.8) is 0 Å².